The van der Waals surface area contributed by atoms with Crippen molar-refractivity contribution in [3.63, 3.8) is 0 Å². The molecule has 0 bridgehead atoms. The van der Waals surface area contributed by atoms with Crippen LogP contribution in [0.3, 0.4) is 0 Å². The summed E-state index contributed by atoms with van der Waals surface area (Å²) < 4.78 is 1.62. The van der Waals surface area contributed by atoms with Crippen LogP contribution in [-0.4, -0.2) is 49.6 Å². The topological polar surface area (TPSA) is 99.8 Å². The van der Waals surface area contributed by atoms with Crippen molar-refractivity contribution >= 4 is 23.1 Å². The largest absolute Gasteiger partial charge is 0.396 e. The van der Waals surface area contributed by atoms with Crippen LogP contribution in [-0.2, 0) is 19.4 Å². The normalized spacial score (nSPS) is 13.1. The van der Waals surface area contributed by atoms with Crippen LogP contribution in [0.15, 0.2) is 60.9 Å². The molecule has 3 heterocycles. The number of nitrogens with one attached hydrogen (secondary N) is 1. The van der Waals surface area contributed by atoms with Crippen LogP contribution in [0.2, 0.25) is 0 Å². The molecule has 5 rings (SSSR count). The molecule has 4 aromatic rings. The van der Waals surface area contributed by atoms with Crippen molar-refractivity contribution in [3.05, 3.63) is 94.4 Å². The Morgan fingerprint density at radius 2 is 1.97 bits per heavy atom. The van der Waals surface area contributed by atoms with Crippen molar-refractivity contribution in [3.8, 4) is 0 Å². The van der Waals surface area contributed by atoms with Gasteiger partial charge in [0.1, 0.15) is 0 Å². The third kappa shape index (κ3) is 4.40. The van der Waals surface area contributed by atoms with Crippen molar-refractivity contribution in [2.75, 3.05) is 18.5 Å². The van der Waals surface area contributed by atoms with Gasteiger partial charge in [-0.15, -0.1) is 0 Å². The molecule has 2 aromatic carbocycles. The summed E-state index contributed by atoms with van der Waals surface area (Å²) in [6, 6.07) is 15.0. The van der Waals surface area contributed by atoms with E-state index in [1.54, 1.807) is 21.8 Å². The fourth-order valence-electron chi connectivity index (χ4n) is 4.30. The zero-order valence-electron chi connectivity index (χ0n) is 18.9. The number of benzene rings is 2. The first-order valence-corrected chi connectivity index (χ1v) is 11.2. The predicted octanol–water partition coefficient (Wildman–Crippen LogP) is 3.02. The number of aryl methyl sites for hydroxylation is 1. The second-order valence-electron chi connectivity index (χ2n) is 8.52. The highest BCUT2D eigenvalue weighted by molar-refractivity contribution is 6.04. The SMILES string of the molecule is Cc1cc2ncc(C(=O)N3CCc4ccc(C(=O)Nc5cccc(CCO)c5)cc4C3)cn2n1. The Kier molecular flexibility index (Phi) is 5.81. The fourth-order valence-corrected chi connectivity index (χ4v) is 4.30. The van der Waals surface area contributed by atoms with Crippen LogP contribution in [0, 0.1) is 6.92 Å². The van der Waals surface area contributed by atoms with Gasteiger partial charge in [0.15, 0.2) is 5.65 Å². The van der Waals surface area contributed by atoms with Crippen molar-refractivity contribution in [2.24, 2.45) is 0 Å². The highest BCUT2D eigenvalue weighted by Crippen LogP contribution is 2.23. The van der Waals surface area contributed by atoms with E-state index in [2.05, 4.69) is 15.4 Å². The lowest BCUT2D eigenvalue weighted by atomic mass is 9.96. The van der Waals surface area contributed by atoms with Gasteiger partial charge in [0, 0.05) is 49.4 Å². The average Bonchev–Trinajstić information content (AvgIpc) is 3.22. The molecular formula is C26H25N5O3. The highest BCUT2D eigenvalue weighted by atomic mass is 16.3. The van der Waals surface area contributed by atoms with Crippen LogP contribution >= 0.6 is 0 Å². The maximum atomic E-state index is 13.2. The van der Waals surface area contributed by atoms with Gasteiger partial charge < -0.3 is 15.3 Å². The number of fused-ring (bicyclic) bond motifs is 2. The molecule has 8 nitrogen and oxygen atoms in total. The van der Waals surface area contributed by atoms with Gasteiger partial charge in [0.25, 0.3) is 11.8 Å². The summed E-state index contributed by atoms with van der Waals surface area (Å²) in [5.74, 6) is -0.320. The van der Waals surface area contributed by atoms with Gasteiger partial charge in [0.2, 0.25) is 0 Å². The van der Waals surface area contributed by atoms with Gasteiger partial charge in [-0.2, -0.15) is 5.10 Å². The van der Waals surface area contributed by atoms with E-state index in [0.717, 1.165) is 28.8 Å². The zero-order valence-corrected chi connectivity index (χ0v) is 18.9. The van der Waals surface area contributed by atoms with Gasteiger partial charge in [-0.05, 0) is 60.7 Å². The third-order valence-electron chi connectivity index (χ3n) is 6.04. The maximum absolute atomic E-state index is 13.2. The van der Waals surface area contributed by atoms with E-state index in [1.165, 1.54) is 0 Å². The minimum Gasteiger partial charge on any atom is -0.396 e. The highest BCUT2D eigenvalue weighted by Gasteiger charge is 2.23. The van der Waals surface area contributed by atoms with Crippen molar-refractivity contribution < 1.29 is 14.7 Å². The average molecular weight is 456 g/mol. The Bertz CT molecular complexity index is 1390. The van der Waals surface area contributed by atoms with Crippen LogP contribution in [0.4, 0.5) is 5.69 Å². The molecule has 1 aliphatic rings. The van der Waals surface area contributed by atoms with Gasteiger partial charge in [-0.25, -0.2) is 9.50 Å². The number of amides is 2. The summed E-state index contributed by atoms with van der Waals surface area (Å²) in [6.45, 7) is 2.98. The molecule has 0 aliphatic carbocycles. The van der Waals surface area contributed by atoms with Crippen molar-refractivity contribution in [1.82, 2.24) is 19.5 Å². The molecular weight excluding hydrogens is 430 g/mol. The fraction of sp³-hybridized carbons (Fsp3) is 0.231. The first kappa shape index (κ1) is 21.8. The molecule has 2 aromatic heterocycles. The Morgan fingerprint density at radius 1 is 1.09 bits per heavy atom. The third-order valence-corrected chi connectivity index (χ3v) is 6.04. The molecule has 0 fully saturated rings. The quantitative estimate of drug-likeness (QED) is 0.482. The van der Waals surface area contributed by atoms with Crippen LogP contribution in [0.5, 0.6) is 0 Å². The van der Waals surface area contributed by atoms with Crippen LogP contribution in [0.25, 0.3) is 5.65 Å². The number of rotatable bonds is 5. The van der Waals surface area contributed by atoms with E-state index in [0.29, 0.717) is 42.0 Å². The van der Waals surface area contributed by atoms with E-state index in [9.17, 15) is 9.59 Å². The molecule has 1 aliphatic heterocycles. The number of carbonyl (C=O) groups excluding carboxylic acids is 2. The number of aliphatic hydroxyl groups is 1. The molecule has 0 radical (unpaired) electrons. The molecule has 2 N–H and O–H groups in total. The van der Waals surface area contributed by atoms with E-state index in [4.69, 9.17) is 5.11 Å². The number of anilines is 1. The van der Waals surface area contributed by atoms with Crippen LogP contribution < -0.4 is 5.32 Å². The monoisotopic (exact) mass is 455 g/mol. The molecule has 0 saturated heterocycles. The molecule has 0 saturated carbocycles. The lowest BCUT2D eigenvalue weighted by molar-refractivity contribution is 0.0733. The van der Waals surface area contributed by atoms with Crippen molar-refractivity contribution in [2.45, 2.75) is 26.3 Å². The van der Waals surface area contributed by atoms with E-state index in [1.807, 2.05) is 55.5 Å². The number of hydrogen-bond acceptors (Lipinski definition) is 5. The summed E-state index contributed by atoms with van der Waals surface area (Å²) >= 11 is 0. The number of aromatic nitrogens is 3. The minimum absolute atomic E-state index is 0.0585. The van der Waals surface area contributed by atoms with Gasteiger partial charge in [-0.3, -0.25) is 9.59 Å². The first-order valence-electron chi connectivity index (χ1n) is 11.2. The molecule has 0 atom stereocenters. The summed E-state index contributed by atoms with van der Waals surface area (Å²) in [5, 5.41) is 16.4. The number of nitrogens with zero attached hydrogens (tertiary/aromatic N) is 4. The van der Waals surface area contributed by atoms with E-state index >= 15 is 0 Å². The summed E-state index contributed by atoms with van der Waals surface area (Å²) in [6.07, 6.45) is 4.56. The standard InChI is InChI=1S/C26H25N5O3/c1-17-11-24-27-14-22(16-31(24)29-17)26(34)30-9-7-19-5-6-20(13-21(19)15-30)25(33)28-23-4-2-3-18(12-23)8-10-32/h2-6,11-14,16,32H,7-10,15H2,1H3,(H,28,33). The Balaban J connectivity index is 1.32. The second-order valence-corrected chi connectivity index (χ2v) is 8.52. The lowest BCUT2D eigenvalue weighted by Crippen LogP contribution is -2.36. The maximum Gasteiger partial charge on any atom is 0.257 e. The van der Waals surface area contributed by atoms with Gasteiger partial charge in [0.05, 0.1) is 11.3 Å². The molecule has 34 heavy (non-hydrogen) atoms. The number of hydrogen-bond donors (Lipinski definition) is 2. The number of carbonyl (C=O) groups is 2. The summed E-state index contributed by atoms with van der Waals surface area (Å²) in [7, 11) is 0. The molecule has 172 valence electrons. The van der Waals surface area contributed by atoms with E-state index < -0.39 is 0 Å². The van der Waals surface area contributed by atoms with Crippen LogP contribution in [0.1, 0.15) is 43.1 Å². The van der Waals surface area contributed by atoms with Gasteiger partial charge in [-0.1, -0.05) is 18.2 Å². The molecule has 8 heteroatoms. The molecule has 2 amide bonds. The first-order chi connectivity index (χ1) is 16.5. The summed E-state index contributed by atoms with van der Waals surface area (Å²) in [5.41, 5.74) is 6.31. The molecule has 0 unspecified atom stereocenters. The van der Waals surface area contributed by atoms with E-state index in [-0.39, 0.29) is 18.4 Å². The minimum atomic E-state index is -0.212. The smallest absolute Gasteiger partial charge is 0.257 e. The Labute approximate surface area is 196 Å². The Morgan fingerprint density at radius 3 is 2.82 bits per heavy atom. The van der Waals surface area contributed by atoms with Gasteiger partial charge >= 0.3 is 0 Å². The summed E-state index contributed by atoms with van der Waals surface area (Å²) in [4.78, 5) is 32.1. The second kappa shape index (κ2) is 9.07. The lowest BCUT2D eigenvalue weighted by Gasteiger charge is -2.29. The number of aliphatic hydroxyl groups excluding tert-OH is 1. The van der Waals surface area contributed by atoms with Crippen molar-refractivity contribution in [1.29, 1.82) is 0 Å². The predicted molar refractivity (Wildman–Crippen MR) is 128 cm³/mol. The Hall–Kier alpha value is -4.04. The molecule has 0 spiro atoms. The zero-order chi connectivity index (χ0) is 23.7.